The van der Waals surface area contributed by atoms with E-state index in [-0.39, 0.29) is 27.1 Å². The summed E-state index contributed by atoms with van der Waals surface area (Å²) < 4.78 is 48.1. The average Bonchev–Trinajstić information content (AvgIpc) is 3.11. The largest absolute Gasteiger partial charge is 0.451 e. The van der Waals surface area contributed by atoms with Crippen LogP contribution in [0.2, 0.25) is 0 Å². The minimum absolute atomic E-state index is 0.0821. The standard InChI is InChI=1S/C22H18FN3O4S/c1-13-5-6-14-4-2-7-24-20(14)21(13)31(28,29)25-22(27)19-12-16-17(23)10-15(11-18(16)30-19)26-8-3-9-26/h2,4-7,10-12H,3,8-9H2,1H3,(H,25,27). The summed E-state index contributed by atoms with van der Waals surface area (Å²) >= 11 is 0. The molecule has 0 saturated carbocycles. The average molecular weight is 439 g/mol. The SMILES string of the molecule is Cc1ccc2cccnc2c1S(=O)(=O)NC(=O)c1cc2c(F)cc(N3CCC3)cc2o1. The van der Waals surface area contributed by atoms with Crippen LogP contribution in [0.15, 0.2) is 58.0 Å². The molecule has 0 atom stereocenters. The summed E-state index contributed by atoms with van der Waals surface area (Å²) in [7, 11) is -4.25. The summed E-state index contributed by atoms with van der Waals surface area (Å²) in [6.07, 6.45) is 2.52. The van der Waals surface area contributed by atoms with Gasteiger partial charge in [0.25, 0.3) is 10.0 Å². The van der Waals surface area contributed by atoms with Gasteiger partial charge in [0.2, 0.25) is 0 Å². The van der Waals surface area contributed by atoms with Crippen molar-refractivity contribution in [2.75, 3.05) is 18.0 Å². The van der Waals surface area contributed by atoms with E-state index in [4.69, 9.17) is 4.42 Å². The molecule has 1 fully saturated rings. The minimum Gasteiger partial charge on any atom is -0.451 e. The lowest BCUT2D eigenvalue weighted by atomic mass is 10.1. The summed E-state index contributed by atoms with van der Waals surface area (Å²) in [6.45, 7) is 3.28. The molecule has 0 bridgehead atoms. The molecule has 0 aliphatic carbocycles. The Bertz CT molecular complexity index is 1460. The molecule has 7 nitrogen and oxygen atoms in total. The quantitative estimate of drug-likeness (QED) is 0.521. The van der Waals surface area contributed by atoms with Crippen molar-refractivity contribution in [1.82, 2.24) is 9.71 Å². The number of carbonyl (C=O) groups excluding carboxylic acids is 1. The molecule has 0 radical (unpaired) electrons. The maximum atomic E-state index is 14.5. The van der Waals surface area contributed by atoms with E-state index < -0.39 is 21.7 Å². The van der Waals surface area contributed by atoms with Gasteiger partial charge in [0.05, 0.1) is 10.9 Å². The Morgan fingerprint density at radius 3 is 2.74 bits per heavy atom. The molecule has 2 aromatic heterocycles. The van der Waals surface area contributed by atoms with Crippen molar-refractivity contribution in [3.05, 3.63) is 65.8 Å². The van der Waals surface area contributed by atoms with Gasteiger partial charge in [0.1, 0.15) is 16.3 Å². The van der Waals surface area contributed by atoms with Gasteiger partial charge in [-0.15, -0.1) is 0 Å². The number of anilines is 1. The van der Waals surface area contributed by atoms with Gasteiger partial charge >= 0.3 is 5.91 Å². The number of nitrogens with one attached hydrogen (secondary N) is 1. The topological polar surface area (TPSA) is 92.5 Å². The Morgan fingerprint density at radius 1 is 1.19 bits per heavy atom. The van der Waals surface area contributed by atoms with Gasteiger partial charge in [0.15, 0.2) is 5.76 Å². The Balaban J connectivity index is 1.51. The van der Waals surface area contributed by atoms with Crippen molar-refractivity contribution >= 4 is 43.5 Å². The fourth-order valence-corrected chi connectivity index (χ4v) is 5.10. The fraction of sp³-hybridized carbons (Fsp3) is 0.182. The zero-order chi connectivity index (χ0) is 21.8. The number of amides is 1. The van der Waals surface area contributed by atoms with Crippen LogP contribution in [-0.2, 0) is 10.0 Å². The number of sulfonamides is 1. The molecule has 1 N–H and O–H groups in total. The number of aromatic nitrogens is 1. The molecule has 2 aromatic carbocycles. The lowest BCUT2D eigenvalue weighted by Crippen LogP contribution is -2.36. The van der Waals surface area contributed by atoms with Gasteiger partial charge in [-0.05, 0) is 31.0 Å². The zero-order valence-corrected chi connectivity index (χ0v) is 17.4. The summed E-state index contributed by atoms with van der Waals surface area (Å²) in [4.78, 5) is 18.8. The number of carbonyl (C=O) groups is 1. The number of pyridine rings is 1. The van der Waals surface area contributed by atoms with Gasteiger partial charge in [0, 0.05) is 42.5 Å². The predicted octanol–water partition coefficient (Wildman–Crippen LogP) is 3.76. The number of nitrogens with zero attached hydrogens (tertiary/aromatic N) is 2. The second-order valence-corrected chi connectivity index (χ2v) is 9.13. The van der Waals surface area contributed by atoms with Crippen LogP contribution in [-0.4, -0.2) is 32.4 Å². The number of hydrogen-bond donors (Lipinski definition) is 1. The number of furan rings is 1. The molecule has 1 aliphatic heterocycles. The van der Waals surface area contributed by atoms with Crippen molar-refractivity contribution in [3.63, 3.8) is 0 Å². The Morgan fingerprint density at radius 2 is 2.00 bits per heavy atom. The Labute approximate surface area is 177 Å². The molecule has 1 amide bonds. The molecule has 0 spiro atoms. The monoisotopic (exact) mass is 439 g/mol. The Kier molecular flexibility index (Phi) is 4.44. The summed E-state index contributed by atoms with van der Waals surface area (Å²) in [5, 5.41) is 0.750. The zero-order valence-electron chi connectivity index (χ0n) is 16.6. The number of rotatable bonds is 4. The van der Waals surface area contributed by atoms with Crippen molar-refractivity contribution in [3.8, 4) is 0 Å². The molecular weight excluding hydrogens is 421 g/mol. The van der Waals surface area contributed by atoms with Crippen LogP contribution in [0.25, 0.3) is 21.9 Å². The van der Waals surface area contributed by atoms with Crippen LogP contribution in [0.5, 0.6) is 0 Å². The van der Waals surface area contributed by atoms with Crippen LogP contribution >= 0.6 is 0 Å². The van der Waals surface area contributed by atoms with Crippen molar-refractivity contribution in [2.24, 2.45) is 0 Å². The van der Waals surface area contributed by atoms with Crippen LogP contribution in [0, 0.1) is 12.7 Å². The Hall–Kier alpha value is -3.46. The van der Waals surface area contributed by atoms with Gasteiger partial charge in [-0.2, -0.15) is 0 Å². The molecule has 0 unspecified atom stereocenters. The molecule has 158 valence electrons. The minimum atomic E-state index is -4.25. The van der Waals surface area contributed by atoms with E-state index in [1.807, 2.05) is 9.62 Å². The number of aryl methyl sites for hydroxylation is 1. The number of benzene rings is 2. The third-order valence-electron chi connectivity index (χ3n) is 5.44. The highest BCUT2D eigenvalue weighted by atomic mass is 32.2. The summed E-state index contributed by atoms with van der Waals surface area (Å²) in [5.74, 6) is -1.79. The molecule has 5 rings (SSSR count). The van der Waals surface area contributed by atoms with Crippen LogP contribution in [0.4, 0.5) is 10.1 Å². The third-order valence-corrected chi connectivity index (χ3v) is 6.94. The van der Waals surface area contributed by atoms with E-state index in [2.05, 4.69) is 4.98 Å². The highest BCUT2D eigenvalue weighted by Crippen LogP contribution is 2.31. The lowest BCUT2D eigenvalue weighted by molar-refractivity contribution is 0.0956. The van der Waals surface area contributed by atoms with E-state index >= 15 is 0 Å². The van der Waals surface area contributed by atoms with Crippen molar-refractivity contribution in [2.45, 2.75) is 18.2 Å². The van der Waals surface area contributed by atoms with Crippen LogP contribution in [0.1, 0.15) is 22.5 Å². The van der Waals surface area contributed by atoms with E-state index in [1.165, 1.54) is 18.3 Å². The lowest BCUT2D eigenvalue weighted by Gasteiger charge is -2.33. The summed E-state index contributed by atoms with van der Waals surface area (Å²) in [6, 6.07) is 11.1. The maximum Gasteiger partial charge on any atom is 0.300 e. The molecule has 4 aromatic rings. The van der Waals surface area contributed by atoms with Crippen LogP contribution in [0.3, 0.4) is 0 Å². The van der Waals surface area contributed by atoms with E-state index in [0.29, 0.717) is 16.6 Å². The highest BCUT2D eigenvalue weighted by molar-refractivity contribution is 7.90. The van der Waals surface area contributed by atoms with Gasteiger partial charge in [-0.25, -0.2) is 17.5 Å². The first-order valence-corrected chi connectivity index (χ1v) is 11.2. The number of fused-ring (bicyclic) bond motifs is 2. The van der Waals surface area contributed by atoms with Gasteiger partial charge in [-0.3, -0.25) is 9.78 Å². The van der Waals surface area contributed by atoms with E-state index in [1.54, 1.807) is 37.3 Å². The van der Waals surface area contributed by atoms with Crippen LogP contribution < -0.4 is 9.62 Å². The summed E-state index contributed by atoms with van der Waals surface area (Å²) in [5.41, 5.74) is 1.56. The number of hydrogen-bond acceptors (Lipinski definition) is 6. The van der Waals surface area contributed by atoms with Gasteiger partial charge < -0.3 is 9.32 Å². The maximum absolute atomic E-state index is 14.5. The van der Waals surface area contributed by atoms with Crippen molar-refractivity contribution in [1.29, 1.82) is 0 Å². The molecule has 3 heterocycles. The van der Waals surface area contributed by atoms with Gasteiger partial charge in [-0.1, -0.05) is 18.2 Å². The third kappa shape index (κ3) is 3.31. The second-order valence-electron chi connectivity index (χ2n) is 7.51. The highest BCUT2D eigenvalue weighted by Gasteiger charge is 2.26. The fourth-order valence-electron chi connectivity index (χ4n) is 3.73. The molecule has 9 heteroatoms. The number of halogens is 1. The first kappa shape index (κ1) is 19.5. The smallest absolute Gasteiger partial charge is 0.300 e. The van der Waals surface area contributed by atoms with E-state index in [9.17, 15) is 17.6 Å². The molecule has 1 aliphatic rings. The first-order chi connectivity index (χ1) is 14.8. The molecule has 1 saturated heterocycles. The predicted molar refractivity (Wildman–Crippen MR) is 114 cm³/mol. The normalized spacial score (nSPS) is 14.1. The van der Waals surface area contributed by atoms with Crippen molar-refractivity contribution < 1.29 is 22.0 Å². The second kappa shape index (κ2) is 7.05. The molecule has 31 heavy (non-hydrogen) atoms. The first-order valence-electron chi connectivity index (χ1n) is 9.73. The van der Waals surface area contributed by atoms with E-state index in [0.717, 1.165) is 19.5 Å². The molecular formula is C22H18FN3O4S.